The van der Waals surface area contributed by atoms with E-state index in [1.807, 2.05) is 64.1 Å². The quantitative estimate of drug-likeness (QED) is 0.439. The summed E-state index contributed by atoms with van der Waals surface area (Å²) in [6.07, 6.45) is 0.767. The van der Waals surface area contributed by atoms with Gasteiger partial charge in [0.05, 0.1) is 6.42 Å². The SMILES string of the molecule is CCC[C@H](NC(=O)OCC1c2ccccc2-c2ccccc21)C(=O)NC(CC(=O)O)CC(C)(C)C. The van der Waals surface area contributed by atoms with Crippen molar-refractivity contribution in [2.75, 3.05) is 6.61 Å². The molecule has 3 N–H and O–H groups in total. The summed E-state index contributed by atoms with van der Waals surface area (Å²) in [5.41, 5.74) is 4.35. The maximum atomic E-state index is 13.0. The Hall–Kier alpha value is -3.35. The lowest BCUT2D eigenvalue weighted by Gasteiger charge is -2.27. The summed E-state index contributed by atoms with van der Waals surface area (Å²) in [7, 11) is 0. The summed E-state index contributed by atoms with van der Waals surface area (Å²) in [4.78, 5) is 37.0. The van der Waals surface area contributed by atoms with E-state index >= 15 is 0 Å². The van der Waals surface area contributed by atoms with Crippen LogP contribution in [0.2, 0.25) is 0 Å². The fraction of sp³-hybridized carbons (Fsp3) is 0.464. The van der Waals surface area contributed by atoms with E-state index < -0.39 is 30.1 Å². The van der Waals surface area contributed by atoms with Gasteiger partial charge in [-0.3, -0.25) is 9.59 Å². The number of fused-ring (bicyclic) bond motifs is 3. The first-order valence-corrected chi connectivity index (χ1v) is 12.2. The van der Waals surface area contributed by atoms with Gasteiger partial charge >= 0.3 is 12.1 Å². The Labute approximate surface area is 207 Å². The Morgan fingerprint density at radius 2 is 1.54 bits per heavy atom. The zero-order valence-electron chi connectivity index (χ0n) is 21.0. The normalized spacial score (nSPS) is 14.4. The van der Waals surface area contributed by atoms with E-state index in [9.17, 15) is 19.5 Å². The molecule has 7 heteroatoms. The number of hydrogen-bond acceptors (Lipinski definition) is 4. The van der Waals surface area contributed by atoms with Crippen molar-refractivity contribution in [3.8, 4) is 11.1 Å². The molecule has 2 aromatic rings. The zero-order chi connectivity index (χ0) is 25.6. The number of aliphatic carboxylic acids is 1. The van der Waals surface area contributed by atoms with Gasteiger partial charge in [-0.05, 0) is 40.5 Å². The summed E-state index contributed by atoms with van der Waals surface area (Å²) >= 11 is 0. The van der Waals surface area contributed by atoms with Crippen LogP contribution in [0.4, 0.5) is 4.79 Å². The van der Waals surface area contributed by atoms with Gasteiger partial charge in [0.1, 0.15) is 12.6 Å². The lowest BCUT2D eigenvalue weighted by atomic mass is 9.87. The third-order valence-electron chi connectivity index (χ3n) is 6.16. The number of carboxylic acids is 1. The molecule has 0 saturated heterocycles. The maximum absolute atomic E-state index is 13.0. The first-order valence-electron chi connectivity index (χ1n) is 12.2. The van der Waals surface area contributed by atoms with Gasteiger partial charge in [0.15, 0.2) is 0 Å². The molecule has 188 valence electrons. The van der Waals surface area contributed by atoms with Gasteiger partial charge in [-0.1, -0.05) is 82.6 Å². The van der Waals surface area contributed by atoms with Crippen molar-refractivity contribution in [3.05, 3.63) is 59.7 Å². The average Bonchev–Trinajstić information content (AvgIpc) is 3.09. The molecular weight excluding hydrogens is 444 g/mol. The van der Waals surface area contributed by atoms with Gasteiger partial charge in [-0.25, -0.2) is 4.79 Å². The number of ether oxygens (including phenoxy) is 1. The number of amides is 2. The van der Waals surface area contributed by atoms with E-state index in [2.05, 4.69) is 22.8 Å². The molecule has 2 aromatic carbocycles. The van der Waals surface area contributed by atoms with Gasteiger partial charge in [0.25, 0.3) is 0 Å². The Bertz CT molecular complexity index is 1010. The van der Waals surface area contributed by atoms with Crippen LogP contribution in [0.15, 0.2) is 48.5 Å². The van der Waals surface area contributed by atoms with Crippen molar-refractivity contribution < 1.29 is 24.2 Å². The zero-order valence-corrected chi connectivity index (χ0v) is 21.0. The largest absolute Gasteiger partial charge is 0.481 e. The predicted molar refractivity (Wildman–Crippen MR) is 135 cm³/mol. The molecule has 2 amide bonds. The van der Waals surface area contributed by atoms with E-state index in [-0.39, 0.29) is 24.4 Å². The molecule has 0 fully saturated rings. The van der Waals surface area contributed by atoms with Crippen LogP contribution in [-0.4, -0.2) is 41.8 Å². The maximum Gasteiger partial charge on any atom is 0.407 e. The third-order valence-corrected chi connectivity index (χ3v) is 6.16. The van der Waals surface area contributed by atoms with Gasteiger partial charge in [-0.2, -0.15) is 0 Å². The molecule has 7 nitrogen and oxygen atoms in total. The summed E-state index contributed by atoms with van der Waals surface area (Å²) in [5.74, 6) is -1.44. The van der Waals surface area contributed by atoms with Crippen molar-refractivity contribution in [2.24, 2.45) is 5.41 Å². The highest BCUT2D eigenvalue weighted by atomic mass is 16.5. The number of nitrogens with one attached hydrogen (secondary N) is 2. The Morgan fingerprint density at radius 1 is 0.971 bits per heavy atom. The van der Waals surface area contributed by atoms with Crippen molar-refractivity contribution in [3.63, 3.8) is 0 Å². The average molecular weight is 481 g/mol. The minimum absolute atomic E-state index is 0.0710. The van der Waals surface area contributed by atoms with Gasteiger partial charge in [-0.15, -0.1) is 0 Å². The molecule has 0 bridgehead atoms. The van der Waals surface area contributed by atoms with E-state index in [0.29, 0.717) is 19.3 Å². The molecule has 0 saturated carbocycles. The smallest absolute Gasteiger partial charge is 0.407 e. The number of carbonyl (C=O) groups is 3. The van der Waals surface area contributed by atoms with Crippen LogP contribution in [0, 0.1) is 5.41 Å². The number of alkyl carbamates (subject to hydrolysis) is 1. The van der Waals surface area contributed by atoms with Crippen LogP contribution in [0.1, 0.15) is 70.4 Å². The standard InChI is InChI=1S/C28H36N2O5/c1-5-10-24(26(33)29-18(15-25(31)32)16-28(2,3)4)30-27(34)35-17-23-21-13-8-6-11-19(21)20-12-7-9-14-22(20)23/h6-9,11-14,18,23-24H,5,10,15-17H2,1-4H3,(H,29,33)(H,30,34)(H,31,32)/t18?,24-/m0/s1. The number of rotatable bonds is 10. The van der Waals surface area contributed by atoms with E-state index in [4.69, 9.17) is 4.74 Å². The lowest BCUT2D eigenvalue weighted by molar-refractivity contribution is -0.138. The van der Waals surface area contributed by atoms with Crippen molar-refractivity contribution >= 4 is 18.0 Å². The van der Waals surface area contributed by atoms with Crippen LogP contribution < -0.4 is 10.6 Å². The van der Waals surface area contributed by atoms with Gasteiger partial charge < -0.3 is 20.5 Å². The summed E-state index contributed by atoms with van der Waals surface area (Å²) in [6.45, 7) is 8.06. The van der Waals surface area contributed by atoms with E-state index in [1.54, 1.807) is 0 Å². The number of benzene rings is 2. The fourth-order valence-electron chi connectivity index (χ4n) is 4.77. The molecule has 0 radical (unpaired) electrons. The van der Waals surface area contributed by atoms with Gasteiger partial charge in [0.2, 0.25) is 5.91 Å². The summed E-state index contributed by atoms with van der Waals surface area (Å²) < 4.78 is 5.59. The number of hydrogen-bond donors (Lipinski definition) is 3. The molecule has 0 aliphatic heterocycles. The molecular formula is C28H36N2O5. The van der Waals surface area contributed by atoms with Crippen molar-refractivity contribution in [1.82, 2.24) is 10.6 Å². The number of carboxylic acid groups (broad SMARTS) is 1. The molecule has 1 aliphatic carbocycles. The fourth-order valence-corrected chi connectivity index (χ4v) is 4.77. The highest BCUT2D eigenvalue weighted by Crippen LogP contribution is 2.44. The second-order valence-corrected chi connectivity index (χ2v) is 10.4. The molecule has 0 spiro atoms. The molecule has 3 rings (SSSR count). The minimum atomic E-state index is -0.976. The van der Waals surface area contributed by atoms with Crippen LogP contribution in [0.25, 0.3) is 11.1 Å². The Balaban J connectivity index is 1.64. The molecule has 2 atom stereocenters. The summed E-state index contributed by atoms with van der Waals surface area (Å²) in [6, 6.07) is 14.9. The van der Waals surface area contributed by atoms with Crippen LogP contribution in [0.5, 0.6) is 0 Å². The highest BCUT2D eigenvalue weighted by Gasteiger charge is 2.30. The lowest BCUT2D eigenvalue weighted by Crippen LogP contribution is -2.50. The van der Waals surface area contributed by atoms with E-state index in [1.165, 1.54) is 0 Å². The van der Waals surface area contributed by atoms with Crippen LogP contribution in [-0.2, 0) is 14.3 Å². The second kappa shape index (κ2) is 11.4. The number of carbonyl (C=O) groups excluding carboxylic acids is 2. The third kappa shape index (κ3) is 7.07. The minimum Gasteiger partial charge on any atom is -0.481 e. The monoisotopic (exact) mass is 480 g/mol. The van der Waals surface area contributed by atoms with E-state index in [0.717, 1.165) is 22.3 Å². The first kappa shape index (κ1) is 26.3. The topological polar surface area (TPSA) is 105 Å². The molecule has 1 aliphatic rings. The Kier molecular flexibility index (Phi) is 8.54. The molecule has 1 unspecified atom stereocenters. The Morgan fingerprint density at radius 3 is 2.06 bits per heavy atom. The van der Waals surface area contributed by atoms with Crippen molar-refractivity contribution in [2.45, 2.75) is 71.4 Å². The predicted octanol–water partition coefficient (Wildman–Crippen LogP) is 5.09. The highest BCUT2D eigenvalue weighted by molar-refractivity contribution is 5.86. The second-order valence-electron chi connectivity index (χ2n) is 10.4. The van der Waals surface area contributed by atoms with Crippen LogP contribution >= 0.6 is 0 Å². The molecule has 0 aromatic heterocycles. The van der Waals surface area contributed by atoms with Crippen LogP contribution in [0.3, 0.4) is 0 Å². The van der Waals surface area contributed by atoms with Crippen molar-refractivity contribution in [1.29, 1.82) is 0 Å². The first-order chi connectivity index (χ1) is 16.6. The summed E-state index contributed by atoms with van der Waals surface area (Å²) in [5, 5.41) is 14.8. The molecule has 0 heterocycles. The molecule has 35 heavy (non-hydrogen) atoms. The van der Waals surface area contributed by atoms with Gasteiger partial charge in [0, 0.05) is 12.0 Å².